The highest BCUT2D eigenvalue weighted by molar-refractivity contribution is 9.10. The molecule has 1 aliphatic carbocycles. The number of H-pyrrole nitrogens is 1. The molecule has 1 aromatic heterocycles. The Bertz CT molecular complexity index is 844. The van der Waals surface area contributed by atoms with Crippen molar-refractivity contribution in [2.45, 2.75) is 44.7 Å². The molecule has 0 aliphatic heterocycles. The molecule has 4 heteroatoms. The molecule has 0 saturated carbocycles. The lowest BCUT2D eigenvalue weighted by atomic mass is 10.0. The molecule has 0 saturated heterocycles. The van der Waals surface area contributed by atoms with E-state index < -0.39 is 0 Å². The third kappa shape index (κ3) is 3.79. The average molecular weight is 420 g/mol. The molecule has 0 amide bonds. The van der Waals surface area contributed by atoms with Crippen molar-refractivity contribution < 1.29 is 0 Å². The molecule has 2 atom stereocenters. The third-order valence-corrected chi connectivity index (χ3v) is 5.66. The van der Waals surface area contributed by atoms with Gasteiger partial charge in [-0.1, -0.05) is 52.7 Å². The average Bonchev–Trinajstić information content (AvgIpc) is 2.84. The van der Waals surface area contributed by atoms with Crippen LogP contribution in [-0.2, 0) is 6.42 Å². The minimum absolute atomic E-state index is 0. The molecule has 0 spiro atoms. The summed E-state index contributed by atoms with van der Waals surface area (Å²) >= 11 is 3.62. The van der Waals surface area contributed by atoms with E-state index in [0.717, 1.165) is 4.47 Å². The second kappa shape index (κ2) is 7.94. The zero-order valence-electron chi connectivity index (χ0n) is 14.4. The van der Waals surface area contributed by atoms with E-state index in [0.29, 0.717) is 12.1 Å². The minimum atomic E-state index is 0. The molecule has 2 nitrogen and oxygen atoms in total. The normalized spacial score (nSPS) is 18.2. The van der Waals surface area contributed by atoms with Crippen LogP contribution in [0, 0.1) is 0 Å². The van der Waals surface area contributed by atoms with E-state index in [1.165, 1.54) is 53.4 Å². The first-order valence-corrected chi connectivity index (χ1v) is 9.62. The highest BCUT2D eigenvalue weighted by Gasteiger charge is 2.24. The van der Waals surface area contributed by atoms with E-state index in [1.807, 2.05) is 0 Å². The zero-order chi connectivity index (χ0) is 16.5. The van der Waals surface area contributed by atoms with E-state index >= 15 is 0 Å². The Morgan fingerprint density at radius 3 is 2.72 bits per heavy atom. The molecule has 2 aromatic carbocycles. The molecule has 3 aromatic rings. The van der Waals surface area contributed by atoms with Gasteiger partial charge in [0.1, 0.15) is 0 Å². The van der Waals surface area contributed by atoms with Gasteiger partial charge in [0.25, 0.3) is 0 Å². The Morgan fingerprint density at radius 2 is 1.92 bits per heavy atom. The summed E-state index contributed by atoms with van der Waals surface area (Å²) in [5.74, 6) is 0. The molecule has 25 heavy (non-hydrogen) atoms. The first-order valence-electron chi connectivity index (χ1n) is 8.83. The van der Waals surface area contributed by atoms with E-state index in [4.69, 9.17) is 0 Å². The number of hydrogen-bond donors (Lipinski definition) is 2. The number of fused-ring (bicyclic) bond motifs is 3. The topological polar surface area (TPSA) is 27.8 Å². The van der Waals surface area contributed by atoms with Gasteiger partial charge in [0.15, 0.2) is 0 Å². The summed E-state index contributed by atoms with van der Waals surface area (Å²) in [5, 5.41) is 5.24. The molecule has 1 heterocycles. The predicted molar refractivity (Wildman–Crippen MR) is 112 cm³/mol. The molecule has 0 radical (unpaired) electrons. The van der Waals surface area contributed by atoms with Gasteiger partial charge in [0.05, 0.1) is 0 Å². The number of rotatable bonds is 3. The van der Waals surface area contributed by atoms with Crippen LogP contribution < -0.4 is 5.32 Å². The van der Waals surface area contributed by atoms with Gasteiger partial charge in [-0.3, -0.25) is 0 Å². The van der Waals surface area contributed by atoms with Crippen molar-refractivity contribution in [2.75, 3.05) is 0 Å². The van der Waals surface area contributed by atoms with Gasteiger partial charge in [-0.2, -0.15) is 0 Å². The Morgan fingerprint density at radius 1 is 1.12 bits per heavy atom. The maximum Gasteiger partial charge on any atom is 0.0480 e. The third-order valence-electron chi connectivity index (χ3n) is 5.17. The highest BCUT2D eigenvalue weighted by Crippen LogP contribution is 2.36. The summed E-state index contributed by atoms with van der Waals surface area (Å²) in [5.41, 5.74) is 5.50. The second-order valence-electron chi connectivity index (χ2n) is 6.80. The maximum absolute atomic E-state index is 3.86. The summed E-state index contributed by atoms with van der Waals surface area (Å²) in [4.78, 5) is 3.71. The summed E-state index contributed by atoms with van der Waals surface area (Å²) in [7, 11) is 0. The predicted octanol–water partition coefficient (Wildman–Crippen LogP) is 6.47. The van der Waals surface area contributed by atoms with Crippen molar-refractivity contribution in [3.63, 3.8) is 0 Å². The molecule has 0 bridgehead atoms. The van der Waals surface area contributed by atoms with E-state index in [1.54, 1.807) is 0 Å². The number of nitrogens with one attached hydrogen (secondary N) is 2. The maximum atomic E-state index is 3.86. The van der Waals surface area contributed by atoms with Gasteiger partial charge >= 0.3 is 0 Å². The first-order chi connectivity index (χ1) is 11.7. The molecule has 1 aliphatic rings. The van der Waals surface area contributed by atoms with Crippen LogP contribution in [0.1, 0.15) is 55.1 Å². The fraction of sp³-hybridized carbons (Fsp3) is 0.333. The van der Waals surface area contributed by atoms with Crippen LogP contribution in [-0.4, -0.2) is 4.98 Å². The fourth-order valence-corrected chi connectivity index (χ4v) is 4.27. The SMILES string of the molecule is C[C@@H](NC1CCCCc2c1[nH]c1ccc(Br)cc21)c1ccccc1.Cl. The largest absolute Gasteiger partial charge is 0.357 e. The van der Waals surface area contributed by atoms with E-state index in [2.05, 4.69) is 81.7 Å². The lowest BCUT2D eigenvalue weighted by Gasteiger charge is -2.23. The van der Waals surface area contributed by atoms with Crippen LogP contribution >= 0.6 is 28.3 Å². The highest BCUT2D eigenvalue weighted by atomic mass is 79.9. The molecule has 2 N–H and O–H groups in total. The quantitative estimate of drug-likeness (QED) is 0.468. The molecular weight excluding hydrogens is 396 g/mol. The lowest BCUT2D eigenvalue weighted by molar-refractivity contribution is 0.431. The molecular formula is C21H24BrClN2. The van der Waals surface area contributed by atoms with Crippen molar-refractivity contribution in [1.29, 1.82) is 0 Å². The van der Waals surface area contributed by atoms with Crippen molar-refractivity contribution in [3.8, 4) is 0 Å². The van der Waals surface area contributed by atoms with Gasteiger partial charge in [-0.15, -0.1) is 12.4 Å². The fourth-order valence-electron chi connectivity index (χ4n) is 3.91. The van der Waals surface area contributed by atoms with Crippen molar-refractivity contribution >= 4 is 39.2 Å². The first kappa shape index (κ1) is 18.5. The number of aromatic nitrogens is 1. The number of halogens is 2. The van der Waals surface area contributed by atoms with Crippen LogP contribution in [0.25, 0.3) is 10.9 Å². The Kier molecular flexibility index (Phi) is 5.88. The lowest BCUT2D eigenvalue weighted by Crippen LogP contribution is -2.25. The van der Waals surface area contributed by atoms with Crippen LogP contribution in [0.2, 0.25) is 0 Å². The van der Waals surface area contributed by atoms with Crippen LogP contribution in [0.4, 0.5) is 0 Å². The Hall–Kier alpha value is -1.29. The monoisotopic (exact) mass is 418 g/mol. The number of hydrogen-bond acceptors (Lipinski definition) is 1. The number of aryl methyl sites for hydroxylation is 1. The summed E-state index contributed by atoms with van der Waals surface area (Å²) in [6.45, 7) is 2.26. The summed E-state index contributed by atoms with van der Waals surface area (Å²) in [6.07, 6.45) is 4.91. The van der Waals surface area contributed by atoms with E-state index in [-0.39, 0.29) is 12.4 Å². The van der Waals surface area contributed by atoms with Crippen molar-refractivity contribution in [2.24, 2.45) is 0 Å². The van der Waals surface area contributed by atoms with Crippen LogP contribution in [0.3, 0.4) is 0 Å². The van der Waals surface area contributed by atoms with Crippen molar-refractivity contribution in [3.05, 3.63) is 69.8 Å². The molecule has 4 rings (SSSR count). The Balaban J connectivity index is 0.00000182. The molecule has 1 unspecified atom stereocenters. The molecule has 132 valence electrons. The zero-order valence-corrected chi connectivity index (χ0v) is 16.8. The number of aromatic amines is 1. The minimum Gasteiger partial charge on any atom is -0.357 e. The van der Waals surface area contributed by atoms with Gasteiger partial charge in [0.2, 0.25) is 0 Å². The standard InChI is InChI=1S/C21H23BrN2.ClH/c1-14(15-7-3-2-4-8-15)23-20-10-6-5-9-17-18-13-16(22)11-12-19(18)24-21(17)20;/h2-4,7-8,11-14,20,23-24H,5-6,9-10H2,1H3;1H/t14-,20?;/m1./s1. The summed E-state index contributed by atoms with van der Waals surface area (Å²) in [6, 6.07) is 18.0. The van der Waals surface area contributed by atoms with Crippen LogP contribution in [0.5, 0.6) is 0 Å². The van der Waals surface area contributed by atoms with Gasteiger partial charge in [-0.05, 0) is 55.5 Å². The van der Waals surface area contributed by atoms with Gasteiger partial charge in [-0.25, -0.2) is 0 Å². The van der Waals surface area contributed by atoms with E-state index in [9.17, 15) is 0 Å². The van der Waals surface area contributed by atoms with Crippen molar-refractivity contribution in [1.82, 2.24) is 10.3 Å². The van der Waals surface area contributed by atoms with Crippen LogP contribution in [0.15, 0.2) is 53.0 Å². The second-order valence-corrected chi connectivity index (χ2v) is 7.72. The van der Waals surface area contributed by atoms with Gasteiger partial charge in [0, 0.05) is 33.2 Å². The Labute approximate surface area is 163 Å². The number of benzene rings is 2. The smallest absolute Gasteiger partial charge is 0.0480 e. The van der Waals surface area contributed by atoms with Gasteiger partial charge < -0.3 is 10.3 Å². The molecule has 0 fully saturated rings. The summed E-state index contributed by atoms with van der Waals surface area (Å²) < 4.78 is 1.16.